The largest absolute Gasteiger partial charge is 0.379 e. The van der Waals surface area contributed by atoms with Gasteiger partial charge in [-0.25, -0.2) is 0 Å². The predicted octanol–water partition coefficient (Wildman–Crippen LogP) is 6.68. The molecule has 0 amide bonds. The van der Waals surface area contributed by atoms with Crippen LogP contribution in [0.4, 0.5) is 0 Å². The van der Waals surface area contributed by atoms with Crippen LogP contribution in [0.2, 0.25) is 0 Å². The third-order valence-corrected chi connectivity index (χ3v) is 5.22. The number of epoxide rings is 1. The summed E-state index contributed by atoms with van der Waals surface area (Å²) in [5.41, 5.74) is 0. The maximum atomic E-state index is 5.59. The van der Waals surface area contributed by atoms with Gasteiger partial charge >= 0.3 is 0 Å². The van der Waals surface area contributed by atoms with Crippen molar-refractivity contribution in [2.75, 3.05) is 33.0 Å². The lowest BCUT2D eigenvalue weighted by Crippen LogP contribution is -2.08. The van der Waals surface area contributed by atoms with Crippen molar-refractivity contribution in [3.05, 3.63) is 0 Å². The van der Waals surface area contributed by atoms with E-state index in [-0.39, 0.29) is 0 Å². The molecule has 1 saturated heterocycles. The summed E-state index contributed by atoms with van der Waals surface area (Å²) in [5, 5.41) is 0. The van der Waals surface area contributed by atoms with Crippen molar-refractivity contribution in [3.8, 4) is 0 Å². The quantitative estimate of drug-likeness (QED) is 0.157. The SMILES string of the molecule is CCCCCCCCCCCCCCCCCCOCCOCC1CO1. The molecule has 3 nitrogen and oxygen atoms in total. The van der Waals surface area contributed by atoms with E-state index in [9.17, 15) is 0 Å². The van der Waals surface area contributed by atoms with Crippen molar-refractivity contribution in [3.63, 3.8) is 0 Å². The number of unbranched alkanes of at least 4 members (excludes halogenated alkanes) is 15. The molecule has 0 aromatic heterocycles. The van der Waals surface area contributed by atoms with Crippen LogP contribution < -0.4 is 0 Å². The van der Waals surface area contributed by atoms with Crippen LogP contribution in [-0.4, -0.2) is 39.1 Å². The second kappa shape index (κ2) is 19.6. The standard InChI is InChI=1S/C23H46O3/c1-2-3-4-5-6-7-8-9-10-11-12-13-14-15-16-17-18-24-19-20-25-21-23-22-26-23/h23H,2-22H2,1H3. The van der Waals surface area contributed by atoms with Gasteiger partial charge in [-0.05, 0) is 6.42 Å². The maximum Gasteiger partial charge on any atom is 0.104 e. The first-order chi connectivity index (χ1) is 12.9. The van der Waals surface area contributed by atoms with Gasteiger partial charge in [0.25, 0.3) is 0 Å². The van der Waals surface area contributed by atoms with Crippen LogP contribution in [0.5, 0.6) is 0 Å². The highest BCUT2D eigenvalue weighted by molar-refractivity contribution is 4.66. The highest BCUT2D eigenvalue weighted by Crippen LogP contribution is 2.13. The monoisotopic (exact) mass is 370 g/mol. The van der Waals surface area contributed by atoms with E-state index in [4.69, 9.17) is 14.2 Å². The van der Waals surface area contributed by atoms with Gasteiger partial charge in [0.15, 0.2) is 0 Å². The molecule has 0 spiro atoms. The molecule has 1 aliphatic rings. The van der Waals surface area contributed by atoms with Gasteiger partial charge in [-0.1, -0.05) is 103 Å². The highest BCUT2D eigenvalue weighted by atomic mass is 16.6. The second-order valence-electron chi connectivity index (χ2n) is 7.95. The molecule has 0 aromatic rings. The fourth-order valence-electron chi connectivity index (χ4n) is 3.35. The first-order valence-corrected chi connectivity index (χ1v) is 11.7. The van der Waals surface area contributed by atoms with Gasteiger partial charge in [0.2, 0.25) is 0 Å². The van der Waals surface area contributed by atoms with Crippen LogP contribution in [0, 0.1) is 0 Å². The Labute approximate surface area is 163 Å². The summed E-state index contributed by atoms with van der Waals surface area (Å²) in [6.45, 7) is 6.23. The summed E-state index contributed by atoms with van der Waals surface area (Å²) in [5.74, 6) is 0. The van der Waals surface area contributed by atoms with Crippen molar-refractivity contribution in [2.45, 2.75) is 116 Å². The van der Waals surface area contributed by atoms with E-state index in [2.05, 4.69) is 6.92 Å². The highest BCUT2D eigenvalue weighted by Gasteiger charge is 2.21. The van der Waals surface area contributed by atoms with E-state index in [1.54, 1.807) is 0 Å². The number of hydrogen-bond donors (Lipinski definition) is 0. The van der Waals surface area contributed by atoms with E-state index in [0.29, 0.717) is 12.7 Å². The van der Waals surface area contributed by atoms with Crippen LogP contribution in [0.15, 0.2) is 0 Å². The fraction of sp³-hybridized carbons (Fsp3) is 1.00. The fourth-order valence-corrected chi connectivity index (χ4v) is 3.35. The Hall–Kier alpha value is -0.120. The van der Waals surface area contributed by atoms with E-state index in [1.165, 1.54) is 103 Å². The summed E-state index contributed by atoms with van der Waals surface area (Å²) in [4.78, 5) is 0. The Morgan fingerprint density at radius 1 is 0.577 bits per heavy atom. The number of hydrogen-bond acceptors (Lipinski definition) is 3. The maximum absolute atomic E-state index is 5.59. The zero-order chi connectivity index (χ0) is 18.5. The Kier molecular flexibility index (Phi) is 18.1. The van der Waals surface area contributed by atoms with Gasteiger partial charge < -0.3 is 14.2 Å². The first-order valence-electron chi connectivity index (χ1n) is 11.7. The average Bonchev–Trinajstić information content (AvgIpc) is 3.47. The Morgan fingerprint density at radius 2 is 1.00 bits per heavy atom. The Balaban J connectivity index is 1.59. The van der Waals surface area contributed by atoms with Gasteiger partial charge in [0.1, 0.15) is 6.10 Å². The molecule has 1 heterocycles. The molecule has 1 aliphatic heterocycles. The second-order valence-corrected chi connectivity index (χ2v) is 7.95. The molecular formula is C23H46O3. The molecule has 0 aliphatic carbocycles. The number of ether oxygens (including phenoxy) is 3. The molecule has 0 N–H and O–H groups in total. The van der Waals surface area contributed by atoms with Crippen molar-refractivity contribution in [2.24, 2.45) is 0 Å². The first kappa shape index (κ1) is 23.9. The molecule has 0 bridgehead atoms. The van der Waals surface area contributed by atoms with Crippen LogP contribution in [0.3, 0.4) is 0 Å². The average molecular weight is 371 g/mol. The lowest BCUT2D eigenvalue weighted by atomic mass is 10.0. The zero-order valence-electron chi connectivity index (χ0n) is 17.7. The molecule has 156 valence electrons. The molecule has 0 aromatic carbocycles. The van der Waals surface area contributed by atoms with Crippen molar-refractivity contribution < 1.29 is 14.2 Å². The minimum atomic E-state index is 0.371. The van der Waals surface area contributed by atoms with Crippen LogP contribution in [-0.2, 0) is 14.2 Å². The summed E-state index contributed by atoms with van der Waals surface area (Å²) in [6, 6.07) is 0. The lowest BCUT2D eigenvalue weighted by Gasteiger charge is -2.05. The van der Waals surface area contributed by atoms with E-state index in [0.717, 1.165) is 26.4 Å². The third kappa shape index (κ3) is 18.7. The van der Waals surface area contributed by atoms with E-state index >= 15 is 0 Å². The van der Waals surface area contributed by atoms with E-state index in [1.807, 2.05) is 0 Å². The molecule has 1 fully saturated rings. The summed E-state index contributed by atoms with van der Waals surface area (Å²) < 4.78 is 16.1. The predicted molar refractivity (Wildman–Crippen MR) is 111 cm³/mol. The van der Waals surface area contributed by atoms with Crippen molar-refractivity contribution in [1.82, 2.24) is 0 Å². The summed E-state index contributed by atoms with van der Waals surface area (Å²) in [7, 11) is 0. The van der Waals surface area contributed by atoms with Crippen LogP contribution in [0.25, 0.3) is 0 Å². The van der Waals surface area contributed by atoms with E-state index < -0.39 is 0 Å². The summed E-state index contributed by atoms with van der Waals surface area (Å²) >= 11 is 0. The lowest BCUT2D eigenvalue weighted by molar-refractivity contribution is 0.0405. The van der Waals surface area contributed by atoms with Gasteiger partial charge in [0.05, 0.1) is 26.4 Å². The Morgan fingerprint density at radius 3 is 1.46 bits per heavy atom. The van der Waals surface area contributed by atoms with Crippen LogP contribution in [0.1, 0.15) is 110 Å². The molecular weight excluding hydrogens is 324 g/mol. The molecule has 1 atom stereocenters. The Bertz CT molecular complexity index is 266. The van der Waals surface area contributed by atoms with Gasteiger partial charge in [0, 0.05) is 6.61 Å². The minimum Gasteiger partial charge on any atom is -0.379 e. The van der Waals surface area contributed by atoms with Crippen LogP contribution >= 0.6 is 0 Å². The number of rotatable bonds is 22. The topological polar surface area (TPSA) is 31.0 Å². The van der Waals surface area contributed by atoms with Crippen molar-refractivity contribution >= 4 is 0 Å². The summed E-state index contributed by atoms with van der Waals surface area (Å²) in [6.07, 6.45) is 23.0. The molecule has 3 heteroatoms. The normalized spacial score (nSPS) is 16.3. The zero-order valence-corrected chi connectivity index (χ0v) is 17.7. The molecule has 0 saturated carbocycles. The molecule has 1 unspecified atom stereocenters. The van der Waals surface area contributed by atoms with Gasteiger partial charge in [-0.15, -0.1) is 0 Å². The van der Waals surface area contributed by atoms with Gasteiger partial charge in [-0.3, -0.25) is 0 Å². The third-order valence-electron chi connectivity index (χ3n) is 5.22. The molecule has 0 radical (unpaired) electrons. The minimum absolute atomic E-state index is 0.371. The smallest absolute Gasteiger partial charge is 0.104 e. The molecule has 26 heavy (non-hydrogen) atoms. The molecule has 1 rings (SSSR count). The van der Waals surface area contributed by atoms with Crippen molar-refractivity contribution in [1.29, 1.82) is 0 Å². The van der Waals surface area contributed by atoms with Gasteiger partial charge in [-0.2, -0.15) is 0 Å².